The molecular formula is C15H22N2OS. The first-order valence-electron chi connectivity index (χ1n) is 6.88. The second kappa shape index (κ2) is 7.56. The average molecular weight is 278 g/mol. The van der Waals surface area contributed by atoms with Crippen molar-refractivity contribution in [3.05, 3.63) is 35.9 Å². The van der Waals surface area contributed by atoms with Crippen molar-refractivity contribution in [1.29, 1.82) is 0 Å². The van der Waals surface area contributed by atoms with E-state index in [4.69, 9.17) is 0 Å². The van der Waals surface area contributed by atoms with Gasteiger partial charge in [-0.25, -0.2) is 0 Å². The highest BCUT2D eigenvalue weighted by Crippen LogP contribution is 2.13. The van der Waals surface area contributed by atoms with Crippen LogP contribution in [-0.4, -0.2) is 36.5 Å². The van der Waals surface area contributed by atoms with Crippen LogP contribution >= 0.6 is 11.8 Å². The summed E-state index contributed by atoms with van der Waals surface area (Å²) in [5, 5.41) is 6.43. The molecule has 1 saturated heterocycles. The molecule has 0 radical (unpaired) electrons. The summed E-state index contributed by atoms with van der Waals surface area (Å²) in [6.45, 7) is 3.87. The van der Waals surface area contributed by atoms with Crippen LogP contribution in [0.5, 0.6) is 0 Å². The zero-order chi connectivity index (χ0) is 13.5. The standard InChI is InChI=1S/C15H22N2OS/c1-12(13-5-3-2-4-6-13)10-17-15(18)9-14-11-19-8-7-16-14/h2-6,12,14,16H,7-11H2,1H3,(H,17,18). The van der Waals surface area contributed by atoms with Gasteiger partial charge >= 0.3 is 0 Å². The lowest BCUT2D eigenvalue weighted by Gasteiger charge is -2.23. The molecule has 19 heavy (non-hydrogen) atoms. The number of carbonyl (C=O) groups excluding carboxylic acids is 1. The van der Waals surface area contributed by atoms with E-state index in [0.29, 0.717) is 24.9 Å². The van der Waals surface area contributed by atoms with Gasteiger partial charge < -0.3 is 10.6 Å². The monoisotopic (exact) mass is 278 g/mol. The Morgan fingerprint density at radius 3 is 2.95 bits per heavy atom. The smallest absolute Gasteiger partial charge is 0.221 e. The minimum Gasteiger partial charge on any atom is -0.355 e. The molecule has 0 aromatic heterocycles. The van der Waals surface area contributed by atoms with Gasteiger partial charge in [0, 0.05) is 37.1 Å². The second-order valence-electron chi connectivity index (χ2n) is 5.05. The van der Waals surface area contributed by atoms with Gasteiger partial charge in [-0.15, -0.1) is 0 Å². The maximum absolute atomic E-state index is 11.9. The van der Waals surface area contributed by atoms with Crippen LogP contribution in [-0.2, 0) is 4.79 Å². The first-order chi connectivity index (χ1) is 9.25. The third kappa shape index (κ3) is 4.88. The third-order valence-electron chi connectivity index (χ3n) is 3.40. The van der Waals surface area contributed by atoms with Gasteiger partial charge in [-0.3, -0.25) is 4.79 Å². The topological polar surface area (TPSA) is 41.1 Å². The van der Waals surface area contributed by atoms with E-state index in [1.165, 1.54) is 5.56 Å². The molecule has 2 unspecified atom stereocenters. The van der Waals surface area contributed by atoms with Gasteiger partial charge in [-0.05, 0) is 11.5 Å². The fourth-order valence-electron chi connectivity index (χ4n) is 2.21. The number of amides is 1. The SMILES string of the molecule is CC(CNC(=O)CC1CSCCN1)c1ccccc1. The van der Waals surface area contributed by atoms with Crippen molar-refractivity contribution in [2.24, 2.45) is 0 Å². The Kier molecular flexibility index (Phi) is 5.73. The van der Waals surface area contributed by atoms with E-state index in [1.807, 2.05) is 30.0 Å². The molecule has 0 spiro atoms. The molecule has 3 nitrogen and oxygen atoms in total. The fraction of sp³-hybridized carbons (Fsp3) is 0.533. The third-order valence-corrected chi connectivity index (χ3v) is 4.54. The Morgan fingerprint density at radius 2 is 2.26 bits per heavy atom. The zero-order valence-electron chi connectivity index (χ0n) is 11.4. The minimum absolute atomic E-state index is 0.155. The van der Waals surface area contributed by atoms with Gasteiger partial charge in [-0.2, -0.15) is 11.8 Å². The van der Waals surface area contributed by atoms with Crippen LogP contribution in [0.3, 0.4) is 0 Å². The highest BCUT2D eigenvalue weighted by atomic mass is 32.2. The lowest BCUT2D eigenvalue weighted by Crippen LogP contribution is -2.41. The number of hydrogen-bond donors (Lipinski definition) is 2. The summed E-state index contributed by atoms with van der Waals surface area (Å²) in [6.07, 6.45) is 0.592. The number of carbonyl (C=O) groups is 1. The molecule has 1 aliphatic rings. The van der Waals surface area contributed by atoms with Crippen LogP contribution in [0.15, 0.2) is 30.3 Å². The van der Waals surface area contributed by atoms with Crippen molar-refractivity contribution in [3.63, 3.8) is 0 Å². The van der Waals surface area contributed by atoms with Crippen molar-refractivity contribution >= 4 is 17.7 Å². The van der Waals surface area contributed by atoms with E-state index < -0.39 is 0 Å². The Morgan fingerprint density at radius 1 is 1.47 bits per heavy atom. The van der Waals surface area contributed by atoms with Gasteiger partial charge in [0.25, 0.3) is 0 Å². The molecule has 104 valence electrons. The molecule has 1 fully saturated rings. The van der Waals surface area contributed by atoms with Gasteiger partial charge in [0.15, 0.2) is 0 Å². The Labute approximate surface area is 119 Å². The summed E-state index contributed by atoms with van der Waals surface area (Å²) in [4.78, 5) is 11.9. The molecule has 0 saturated carbocycles. The average Bonchev–Trinajstić information content (AvgIpc) is 2.47. The molecule has 2 rings (SSSR count). The molecule has 2 atom stereocenters. The summed E-state index contributed by atoms with van der Waals surface area (Å²) in [6, 6.07) is 10.6. The number of rotatable bonds is 5. The van der Waals surface area contributed by atoms with Crippen LogP contribution in [0.25, 0.3) is 0 Å². The first-order valence-corrected chi connectivity index (χ1v) is 8.04. The van der Waals surface area contributed by atoms with Crippen molar-refractivity contribution in [1.82, 2.24) is 10.6 Å². The van der Waals surface area contributed by atoms with Crippen LogP contribution in [0.1, 0.15) is 24.8 Å². The predicted molar refractivity (Wildman–Crippen MR) is 81.6 cm³/mol. The van der Waals surface area contributed by atoms with Gasteiger partial charge in [-0.1, -0.05) is 37.3 Å². The van der Waals surface area contributed by atoms with Gasteiger partial charge in [0.2, 0.25) is 5.91 Å². The van der Waals surface area contributed by atoms with E-state index in [9.17, 15) is 4.79 Å². The van der Waals surface area contributed by atoms with Crippen molar-refractivity contribution in [2.45, 2.75) is 25.3 Å². The highest BCUT2D eigenvalue weighted by Gasteiger charge is 2.17. The van der Waals surface area contributed by atoms with Crippen molar-refractivity contribution < 1.29 is 4.79 Å². The predicted octanol–water partition coefficient (Wildman–Crippen LogP) is 2.00. The summed E-state index contributed by atoms with van der Waals surface area (Å²) in [7, 11) is 0. The summed E-state index contributed by atoms with van der Waals surface area (Å²) in [5.41, 5.74) is 1.27. The van der Waals surface area contributed by atoms with E-state index in [0.717, 1.165) is 18.1 Å². The minimum atomic E-state index is 0.155. The normalized spacial score (nSPS) is 20.8. The molecule has 1 aliphatic heterocycles. The molecular weight excluding hydrogens is 256 g/mol. The highest BCUT2D eigenvalue weighted by molar-refractivity contribution is 7.99. The van der Waals surface area contributed by atoms with Crippen LogP contribution in [0.4, 0.5) is 0 Å². The van der Waals surface area contributed by atoms with Crippen LogP contribution in [0.2, 0.25) is 0 Å². The summed E-state index contributed by atoms with van der Waals surface area (Å²) >= 11 is 1.92. The summed E-state index contributed by atoms with van der Waals surface area (Å²) in [5.74, 6) is 2.71. The lowest BCUT2D eigenvalue weighted by molar-refractivity contribution is -0.121. The molecule has 1 amide bonds. The maximum atomic E-state index is 11.9. The van der Waals surface area contributed by atoms with Gasteiger partial charge in [0.1, 0.15) is 0 Å². The van der Waals surface area contributed by atoms with Crippen molar-refractivity contribution in [2.75, 3.05) is 24.6 Å². The lowest BCUT2D eigenvalue weighted by atomic mass is 10.0. The van der Waals surface area contributed by atoms with Gasteiger partial charge in [0.05, 0.1) is 0 Å². The Hall–Kier alpha value is -1.00. The number of hydrogen-bond acceptors (Lipinski definition) is 3. The molecule has 1 aromatic rings. The summed E-state index contributed by atoms with van der Waals surface area (Å²) < 4.78 is 0. The fourth-order valence-corrected chi connectivity index (χ4v) is 3.16. The van der Waals surface area contributed by atoms with Crippen LogP contribution < -0.4 is 10.6 Å². The molecule has 1 aromatic carbocycles. The molecule has 2 N–H and O–H groups in total. The van der Waals surface area contributed by atoms with E-state index in [-0.39, 0.29) is 5.91 Å². The zero-order valence-corrected chi connectivity index (χ0v) is 12.2. The van der Waals surface area contributed by atoms with E-state index in [1.54, 1.807) is 0 Å². The first kappa shape index (κ1) is 14.4. The second-order valence-corrected chi connectivity index (χ2v) is 6.20. The van der Waals surface area contributed by atoms with E-state index in [2.05, 4.69) is 29.7 Å². The molecule has 4 heteroatoms. The Bertz CT molecular complexity index is 390. The number of nitrogens with one attached hydrogen (secondary N) is 2. The molecule has 0 aliphatic carbocycles. The van der Waals surface area contributed by atoms with E-state index >= 15 is 0 Å². The number of thioether (sulfide) groups is 1. The quantitative estimate of drug-likeness (QED) is 0.865. The molecule has 0 bridgehead atoms. The molecule has 1 heterocycles. The van der Waals surface area contributed by atoms with Crippen molar-refractivity contribution in [3.8, 4) is 0 Å². The maximum Gasteiger partial charge on any atom is 0.221 e. The Balaban J connectivity index is 1.71. The number of benzene rings is 1. The largest absolute Gasteiger partial charge is 0.355 e. The van der Waals surface area contributed by atoms with Crippen LogP contribution in [0, 0.1) is 0 Å².